The molecule has 0 aromatic carbocycles. The number of unbranched alkanes of at least 4 members (excludes halogenated alkanes) is 20. The van der Waals surface area contributed by atoms with Crippen molar-refractivity contribution < 1.29 is 58.7 Å². The summed E-state index contributed by atoms with van der Waals surface area (Å²) < 4.78 is 10.7. The lowest BCUT2D eigenvalue weighted by atomic mass is 9.86. The highest BCUT2D eigenvalue weighted by molar-refractivity contribution is 5.71. The third-order valence-electron chi connectivity index (χ3n) is 14.5. The first kappa shape index (κ1) is 76.1. The molecule has 4 unspecified atom stereocenters. The van der Waals surface area contributed by atoms with Crippen molar-refractivity contribution in [1.29, 1.82) is 0 Å². The lowest BCUT2D eigenvalue weighted by molar-refractivity contribution is -0.144. The van der Waals surface area contributed by atoms with Gasteiger partial charge in [-0.25, -0.2) is 0 Å². The van der Waals surface area contributed by atoms with Crippen LogP contribution in [0, 0.1) is 35.5 Å². The van der Waals surface area contributed by atoms with Crippen molar-refractivity contribution >= 4 is 35.8 Å². The third-order valence-corrected chi connectivity index (χ3v) is 14.5. The fourth-order valence-corrected chi connectivity index (χ4v) is 9.45. The first-order valence-corrected chi connectivity index (χ1v) is 31.1. The molecule has 0 spiro atoms. The van der Waals surface area contributed by atoms with E-state index in [-0.39, 0.29) is 36.6 Å². The van der Waals surface area contributed by atoms with Crippen LogP contribution in [0.4, 0.5) is 0 Å². The Kier molecular flexibility index (Phi) is 57.8. The van der Waals surface area contributed by atoms with Gasteiger partial charge in [-0.05, 0) is 87.9 Å². The molecule has 0 radical (unpaired) electrons. The van der Waals surface area contributed by atoms with Crippen molar-refractivity contribution in [2.45, 2.75) is 319 Å². The lowest BCUT2D eigenvalue weighted by Crippen LogP contribution is -2.18. The predicted molar refractivity (Wildman–Crippen MR) is 308 cm³/mol. The second-order valence-electron chi connectivity index (χ2n) is 22.7. The van der Waals surface area contributed by atoms with Gasteiger partial charge in [0.2, 0.25) is 0 Å². The van der Waals surface area contributed by atoms with Gasteiger partial charge in [0, 0.05) is 25.7 Å². The molecule has 0 aromatic heterocycles. The maximum atomic E-state index is 11.8. The van der Waals surface area contributed by atoms with Gasteiger partial charge in [-0.1, -0.05) is 229 Å². The Bertz CT molecular complexity index is 1230. The number of carbonyl (C=O) groups is 6. The molecule has 0 amide bonds. The van der Waals surface area contributed by atoms with E-state index in [4.69, 9.17) is 19.7 Å². The normalized spacial score (nSPS) is 12.7. The highest BCUT2D eigenvalue weighted by atomic mass is 16.5. The minimum atomic E-state index is -0.750. The van der Waals surface area contributed by atoms with E-state index < -0.39 is 23.9 Å². The molecule has 0 aromatic rings. The van der Waals surface area contributed by atoms with Crippen molar-refractivity contribution in [1.82, 2.24) is 0 Å². The van der Waals surface area contributed by atoms with Crippen molar-refractivity contribution in [3.05, 3.63) is 0 Å². The van der Waals surface area contributed by atoms with Crippen molar-refractivity contribution in [3.63, 3.8) is 0 Å². The molecular formula is C63H120O12. The van der Waals surface area contributed by atoms with E-state index in [0.29, 0.717) is 50.7 Å². The number of esters is 2. The topological polar surface area (TPSA) is 202 Å². The van der Waals surface area contributed by atoms with Crippen LogP contribution in [0.3, 0.4) is 0 Å². The predicted octanol–water partition coefficient (Wildman–Crippen LogP) is 18.2. The molecule has 444 valence electrons. The van der Waals surface area contributed by atoms with Crippen LogP contribution in [0.5, 0.6) is 0 Å². The second kappa shape index (κ2) is 57.0. The molecule has 0 aliphatic heterocycles. The van der Waals surface area contributed by atoms with Gasteiger partial charge in [-0.15, -0.1) is 0 Å². The largest absolute Gasteiger partial charge is 0.481 e. The van der Waals surface area contributed by atoms with Gasteiger partial charge >= 0.3 is 35.8 Å². The first-order chi connectivity index (χ1) is 35.9. The summed E-state index contributed by atoms with van der Waals surface area (Å²) in [5, 5.41) is 35.8. The highest BCUT2D eigenvalue weighted by Crippen LogP contribution is 2.27. The standard InChI is InChI=1S/C29H56O4.2C17H32O4/c1-26(2)20-14-8-6-12-18-24-32-28(30)22-16-10-5-11-17-23-29(31)33-25-19-13-7-9-15-21-27(3)4;2*1-3-5-10-14(4-2)13-15(17(20)21)11-8-6-7-9-12-16(18)19/h26-27H,5-25H2,1-4H3;2*14-15H,3-13H2,1-2H3,(H,18,19)(H,20,21). The van der Waals surface area contributed by atoms with Gasteiger partial charge in [0.15, 0.2) is 0 Å². The zero-order chi connectivity index (χ0) is 56.7. The zero-order valence-corrected chi connectivity index (χ0v) is 49.9. The minimum absolute atomic E-state index is 0.0571. The number of hydrogen-bond acceptors (Lipinski definition) is 8. The summed E-state index contributed by atoms with van der Waals surface area (Å²) in [5.74, 6) is -0.760. The molecule has 0 bridgehead atoms. The zero-order valence-electron chi connectivity index (χ0n) is 49.9. The van der Waals surface area contributed by atoms with Crippen LogP contribution in [0.25, 0.3) is 0 Å². The molecule has 12 nitrogen and oxygen atoms in total. The second-order valence-corrected chi connectivity index (χ2v) is 22.7. The molecule has 0 saturated carbocycles. The van der Waals surface area contributed by atoms with Gasteiger partial charge in [0.05, 0.1) is 25.0 Å². The summed E-state index contributed by atoms with van der Waals surface area (Å²) in [5.41, 5.74) is 0. The lowest BCUT2D eigenvalue weighted by Gasteiger charge is -2.19. The summed E-state index contributed by atoms with van der Waals surface area (Å²) in [6, 6.07) is 0. The first-order valence-electron chi connectivity index (χ1n) is 31.1. The molecule has 0 heterocycles. The molecule has 0 aliphatic rings. The van der Waals surface area contributed by atoms with Crippen LogP contribution < -0.4 is 0 Å². The molecule has 0 rings (SSSR count). The average Bonchev–Trinajstić information content (AvgIpc) is 3.36. The van der Waals surface area contributed by atoms with E-state index in [1.165, 1.54) is 64.2 Å². The summed E-state index contributed by atoms with van der Waals surface area (Å²) in [4.78, 5) is 67.0. The van der Waals surface area contributed by atoms with Crippen molar-refractivity contribution in [2.24, 2.45) is 35.5 Å². The Labute approximate surface area is 460 Å². The number of carboxylic acid groups (broad SMARTS) is 4. The minimum Gasteiger partial charge on any atom is -0.481 e. The van der Waals surface area contributed by atoms with Crippen LogP contribution in [0.15, 0.2) is 0 Å². The van der Waals surface area contributed by atoms with E-state index >= 15 is 0 Å². The number of aliphatic carboxylic acids is 4. The smallest absolute Gasteiger partial charge is 0.306 e. The van der Waals surface area contributed by atoms with E-state index in [1.807, 2.05) is 0 Å². The number of carbonyl (C=O) groups excluding carboxylic acids is 2. The molecule has 0 fully saturated rings. The molecule has 4 atom stereocenters. The van der Waals surface area contributed by atoms with Crippen LogP contribution in [0.2, 0.25) is 0 Å². The van der Waals surface area contributed by atoms with Crippen LogP contribution in [-0.4, -0.2) is 69.5 Å². The van der Waals surface area contributed by atoms with Gasteiger partial charge in [0.25, 0.3) is 0 Å². The highest BCUT2D eigenvalue weighted by Gasteiger charge is 2.22. The fraction of sp³-hybridized carbons (Fsp3) is 0.905. The molecular weight excluding hydrogens is 949 g/mol. The van der Waals surface area contributed by atoms with Crippen molar-refractivity contribution in [3.8, 4) is 0 Å². The summed E-state index contributed by atoms with van der Waals surface area (Å²) >= 11 is 0. The summed E-state index contributed by atoms with van der Waals surface area (Å²) in [6.45, 7) is 18.9. The molecule has 4 N–H and O–H groups in total. The van der Waals surface area contributed by atoms with Crippen LogP contribution in [-0.2, 0) is 38.2 Å². The van der Waals surface area contributed by atoms with Crippen molar-refractivity contribution in [2.75, 3.05) is 13.2 Å². The third kappa shape index (κ3) is 59.9. The average molecular weight is 1070 g/mol. The van der Waals surface area contributed by atoms with Crippen LogP contribution in [0.1, 0.15) is 319 Å². The number of hydrogen-bond donors (Lipinski definition) is 4. The Morgan fingerprint density at radius 3 is 0.893 bits per heavy atom. The maximum absolute atomic E-state index is 11.8. The Morgan fingerprint density at radius 1 is 0.333 bits per heavy atom. The van der Waals surface area contributed by atoms with E-state index in [9.17, 15) is 39.0 Å². The Hall–Kier alpha value is -3.18. The van der Waals surface area contributed by atoms with Crippen LogP contribution >= 0.6 is 0 Å². The number of rotatable bonds is 52. The SMILES string of the molecule is CC(C)CCCCCCCOC(=O)CCCCCCCC(=O)OCCCCCCCC(C)C.CCCCC(CC)CC(CCCCCCC(=O)O)C(=O)O.CCCCC(CC)CC(CCCCCCC(=O)O)C(=O)O. The summed E-state index contributed by atoms with van der Waals surface area (Å²) in [7, 11) is 0. The Morgan fingerprint density at radius 2 is 0.613 bits per heavy atom. The van der Waals surface area contributed by atoms with E-state index in [1.54, 1.807) is 0 Å². The number of carboxylic acids is 4. The van der Waals surface area contributed by atoms with Gasteiger partial charge in [-0.2, -0.15) is 0 Å². The van der Waals surface area contributed by atoms with Gasteiger partial charge in [0.1, 0.15) is 0 Å². The van der Waals surface area contributed by atoms with Gasteiger partial charge < -0.3 is 29.9 Å². The van der Waals surface area contributed by atoms with E-state index in [0.717, 1.165) is 172 Å². The van der Waals surface area contributed by atoms with Gasteiger partial charge in [-0.3, -0.25) is 28.8 Å². The summed E-state index contributed by atoms with van der Waals surface area (Å²) in [6.07, 6.45) is 39.9. The number of ether oxygens (including phenoxy) is 2. The Balaban J connectivity index is -0.00000108. The quantitative estimate of drug-likeness (QED) is 0.0332. The molecule has 12 heteroatoms. The molecule has 75 heavy (non-hydrogen) atoms. The molecule has 0 aliphatic carbocycles. The van der Waals surface area contributed by atoms with E-state index in [2.05, 4.69) is 55.4 Å². The monoisotopic (exact) mass is 1070 g/mol. The fourth-order valence-electron chi connectivity index (χ4n) is 9.45. The maximum Gasteiger partial charge on any atom is 0.306 e. The molecule has 0 saturated heterocycles.